The number of fused-ring (bicyclic) bond motifs is 1. The summed E-state index contributed by atoms with van der Waals surface area (Å²) in [5.41, 5.74) is 1.30. The lowest BCUT2D eigenvalue weighted by molar-refractivity contribution is 0.112. The Hall–Kier alpha value is -1.28. The van der Waals surface area contributed by atoms with E-state index in [2.05, 4.69) is 52.8 Å². The molecule has 2 atom stereocenters. The standard InChI is InChI=1S/C16H22N2/c1-2-5-14(6-3-1)9-12-18-11-4-7-15-13-17-10-8-16(15)18/h1-3,5-6,9,12,15-17H,4,7-8,10-11,13H2. The largest absolute Gasteiger partial charge is 0.374 e. The smallest absolute Gasteiger partial charge is 0.0336 e. The number of likely N-dealkylation sites (tertiary alicyclic amines) is 1. The molecule has 0 bridgehead atoms. The van der Waals surface area contributed by atoms with E-state index >= 15 is 0 Å². The Morgan fingerprint density at radius 3 is 2.94 bits per heavy atom. The zero-order chi connectivity index (χ0) is 12.2. The number of hydrogen-bond donors (Lipinski definition) is 1. The van der Waals surface area contributed by atoms with E-state index in [0.29, 0.717) is 0 Å². The Kier molecular flexibility index (Phi) is 3.65. The van der Waals surface area contributed by atoms with E-state index in [0.717, 1.165) is 12.0 Å². The predicted octanol–water partition coefficient (Wildman–Crippen LogP) is 2.73. The van der Waals surface area contributed by atoms with Crippen molar-refractivity contribution in [2.45, 2.75) is 25.3 Å². The lowest BCUT2D eigenvalue weighted by atomic mass is 9.85. The highest BCUT2D eigenvalue weighted by molar-refractivity contribution is 5.48. The second kappa shape index (κ2) is 5.57. The molecule has 0 spiro atoms. The fourth-order valence-corrected chi connectivity index (χ4v) is 3.27. The lowest BCUT2D eigenvalue weighted by Crippen LogP contribution is -2.50. The summed E-state index contributed by atoms with van der Waals surface area (Å²) < 4.78 is 0. The molecule has 2 unspecified atom stereocenters. The van der Waals surface area contributed by atoms with Crippen LogP contribution in [0.3, 0.4) is 0 Å². The number of hydrogen-bond acceptors (Lipinski definition) is 2. The van der Waals surface area contributed by atoms with Gasteiger partial charge in [-0.25, -0.2) is 0 Å². The minimum absolute atomic E-state index is 0.764. The lowest BCUT2D eigenvalue weighted by Gasteiger charge is -2.44. The highest BCUT2D eigenvalue weighted by Gasteiger charge is 2.31. The summed E-state index contributed by atoms with van der Waals surface area (Å²) in [6, 6.07) is 11.4. The first kappa shape index (κ1) is 11.8. The number of rotatable bonds is 2. The minimum Gasteiger partial charge on any atom is -0.374 e. The highest BCUT2D eigenvalue weighted by Crippen LogP contribution is 2.28. The first-order valence-corrected chi connectivity index (χ1v) is 7.13. The van der Waals surface area contributed by atoms with Gasteiger partial charge < -0.3 is 10.2 Å². The fraction of sp³-hybridized carbons (Fsp3) is 0.500. The summed E-state index contributed by atoms with van der Waals surface area (Å²) >= 11 is 0. The van der Waals surface area contributed by atoms with E-state index in [9.17, 15) is 0 Å². The van der Waals surface area contributed by atoms with Gasteiger partial charge in [0.05, 0.1) is 0 Å². The molecule has 0 aliphatic carbocycles. The summed E-state index contributed by atoms with van der Waals surface area (Å²) in [5.74, 6) is 0.855. The van der Waals surface area contributed by atoms with Gasteiger partial charge in [0.1, 0.15) is 0 Å². The molecular weight excluding hydrogens is 220 g/mol. The SMILES string of the molecule is C(=CN1CCCC2CNCCC21)c1ccccc1. The van der Waals surface area contributed by atoms with E-state index < -0.39 is 0 Å². The molecule has 2 aliphatic heterocycles. The van der Waals surface area contributed by atoms with Crippen molar-refractivity contribution in [2.24, 2.45) is 5.92 Å². The van der Waals surface area contributed by atoms with Gasteiger partial charge in [-0.2, -0.15) is 0 Å². The molecular formula is C16H22N2. The van der Waals surface area contributed by atoms with Crippen molar-refractivity contribution in [1.29, 1.82) is 0 Å². The molecule has 2 saturated heterocycles. The first-order valence-electron chi connectivity index (χ1n) is 7.13. The predicted molar refractivity (Wildman–Crippen MR) is 76.2 cm³/mol. The van der Waals surface area contributed by atoms with Crippen LogP contribution in [0.25, 0.3) is 6.08 Å². The number of nitrogens with zero attached hydrogens (tertiary/aromatic N) is 1. The maximum absolute atomic E-state index is 3.53. The second-order valence-electron chi connectivity index (χ2n) is 5.43. The van der Waals surface area contributed by atoms with E-state index in [1.54, 1.807) is 0 Å². The Morgan fingerprint density at radius 1 is 1.17 bits per heavy atom. The Balaban J connectivity index is 1.69. The van der Waals surface area contributed by atoms with E-state index in [-0.39, 0.29) is 0 Å². The third kappa shape index (κ3) is 2.59. The molecule has 0 radical (unpaired) electrons. The van der Waals surface area contributed by atoms with Crippen LogP contribution in [0, 0.1) is 5.92 Å². The van der Waals surface area contributed by atoms with Crippen molar-refractivity contribution in [1.82, 2.24) is 10.2 Å². The molecule has 2 heterocycles. The summed E-state index contributed by atoms with van der Waals surface area (Å²) in [6.45, 7) is 3.61. The Bertz CT molecular complexity index is 397. The van der Waals surface area contributed by atoms with Gasteiger partial charge in [-0.05, 0) is 56.1 Å². The molecule has 1 N–H and O–H groups in total. The third-order valence-corrected chi connectivity index (χ3v) is 4.24. The molecule has 0 amide bonds. The molecule has 96 valence electrons. The van der Waals surface area contributed by atoms with E-state index in [1.807, 2.05) is 0 Å². The quantitative estimate of drug-likeness (QED) is 0.858. The summed E-state index contributed by atoms with van der Waals surface area (Å²) in [5, 5.41) is 3.53. The zero-order valence-corrected chi connectivity index (χ0v) is 10.9. The van der Waals surface area contributed by atoms with Crippen molar-refractivity contribution >= 4 is 6.08 Å². The van der Waals surface area contributed by atoms with Gasteiger partial charge in [0, 0.05) is 12.6 Å². The van der Waals surface area contributed by atoms with Gasteiger partial charge in [0.25, 0.3) is 0 Å². The molecule has 1 aromatic rings. The zero-order valence-electron chi connectivity index (χ0n) is 10.9. The topological polar surface area (TPSA) is 15.3 Å². The highest BCUT2D eigenvalue weighted by atomic mass is 15.2. The minimum atomic E-state index is 0.764. The molecule has 1 aromatic carbocycles. The number of nitrogens with one attached hydrogen (secondary N) is 1. The van der Waals surface area contributed by atoms with Crippen LogP contribution in [0.4, 0.5) is 0 Å². The van der Waals surface area contributed by atoms with E-state index in [1.165, 1.54) is 44.5 Å². The number of piperidine rings is 2. The average Bonchev–Trinajstić information content (AvgIpc) is 2.46. The third-order valence-electron chi connectivity index (χ3n) is 4.24. The van der Waals surface area contributed by atoms with Crippen LogP contribution in [-0.2, 0) is 0 Å². The van der Waals surface area contributed by atoms with Crippen molar-refractivity contribution in [3.05, 3.63) is 42.1 Å². The molecule has 2 aliphatic rings. The maximum Gasteiger partial charge on any atom is 0.0336 e. The summed E-state index contributed by atoms with van der Waals surface area (Å²) in [7, 11) is 0. The second-order valence-corrected chi connectivity index (χ2v) is 5.43. The molecule has 0 aromatic heterocycles. The van der Waals surface area contributed by atoms with Crippen molar-refractivity contribution in [3.63, 3.8) is 0 Å². The van der Waals surface area contributed by atoms with Crippen molar-refractivity contribution < 1.29 is 0 Å². The van der Waals surface area contributed by atoms with Gasteiger partial charge in [0.2, 0.25) is 0 Å². The molecule has 0 saturated carbocycles. The van der Waals surface area contributed by atoms with Gasteiger partial charge in [0.15, 0.2) is 0 Å². The maximum atomic E-state index is 3.53. The monoisotopic (exact) mass is 242 g/mol. The van der Waals surface area contributed by atoms with Gasteiger partial charge in [-0.1, -0.05) is 30.3 Å². The normalized spacial score (nSPS) is 28.3. The van der Waals surface area contributed by atoms with E-state index in [4.69, 9.17) is 0 Å². The molecule has 2 heteroatoms. The molecule has 18 heavy (non-hydrogen) atoms. The summed E-state index contributed by atoms with van der Waals surface area (Å²) in [6.07, 6.45) is 8.60. The van der Waals surface area contributed by atoms with Crippen LogP contribution in [0.2, 0.25) is 0 Å². The van der Waals surface area contributed by atoms with Crippen LogP contribution >= 0.6 is 0 Å². The van der Waals surface area contributed by atoms with Gasteiger partial charge in [-0.15, -0.1) is 0 Å². The van der Waals surface area contributed by atoms with Gasteiger partial charge >= 0.3 is 0 Å². The molecule has 2 nitrogen and oxygen atoms in total. The number of benzene rings is 1. The average molecular weight is 242 g/mol. The van der Waals surface area contributed by atoms with Gasteiger partial charge in [-0.3, -0.25) is 0 Å². The van der Waals surface area contributed by atoms with Crippen LogP contribution in [0.15, 0.2) is 36.5 Å². The van der Waals surface area contributed by atoms with Crippen LogP contribution < -0.4 is 5.32 Å². The van der Waals surface area contributed by atoms with Crippen LogP contribution in [-0.4, -0.2) is 30.6 Å². The Morgan fingerprint density at radius 2 is 2.06 bits per heavy atom. The molecule has 2 fully saturated rings. The Labute approximate surface area is 110 Å². The van der Waals surface area contributed by atoms with Crippen molar-refractivity contribution in [2.75, 3.05) is 19.6 Å². The van der Waals surface area contributed by atoms with Crippen LogP contribution in [0.5, 0.6) is 0 Å². The fourth-order valence-electron chi connectivity index (χ4n) is 3.27. The molecule has 3 rings (SSSR count). The van der Waals surface area contributed by atoms with Crippen molar-refractivity contribution in [3.8, 4) is 0 Å². The summed E-state index contributed by atoms with van der Waals surface area (Å²) in [4.78, 5) is 2.57. The van der Waals surface area contributed by atoms with Crippen LogP contribution in [0.1, 0.15) is 24.8 Å². The first-order chi connectivity index (χ1) is 8.93.